The van der Waals surface area contributed by atoms with E-state index in [1.807, 2.05) is 12.1 Å². The van der Waals surface area contributed by atoms with Crippen molar-refractivity contribution in [3.8, 4) is 11.5 Å². The fraction of sp³-hybridized carbons (Fsp3) is 0.455. The standard InChI is InChI=1S/C11H15ClO2S/c1-13-9-6-5-8(4-3-7-15)10(12)11(9)14-2/h5-6,15H,3-4,7H2,1-2H3. The summed E-state index contributed by atoms with van der Waals surface area (Å²) in [5.41, 5.74) is 1.07. The number of aryl methyl sites for hydroxylation is 1. The Balaban J connectivity index is 3.00. The minimum absolute atomic E-state index is 0.607. The molecule has 0 aliphatic heterocycles. The second kappa shape index (κ2) is 6.13. The number of benzene rings is 1. The van der Waals surface area contributed by atoms with E-state index in [-0.39, 0.29) is 0 Å². The fourth-order valence-corrected chi connectivity index (χ4v) is 1.88. The van der Waals surface area contributed by atoms with Gasteiger partial charge in [-0.05, 0) is 30.2 Å². The second-order valence-electron chi connectivity index (χ2n) is 3.10. The molecule has 0 radical (unpaired) electrons. The van der Waals surface area contributed by atoms with Crippen molar-refractivity contribution in [2.45, 2.75) is 12.8 Å². The maximum absolute atomic E-state index is 6.20. The molecule has 1 rings (SSSR count). The summed E-state index contributed by atoms with van der Waals surface area (Å²) in [6, 6.07) is 3.84. The van der Waals surface area contributed by atoms with Gasteiger partial charge in [0, 0.05) is 0 Å². The topological polar surface area (TPSA) is 18.5 Å². The van der Waals surface area contributed by atoms with E-state index >= 15 is 0 Å². The molecule has 0 bridgehead atoms. The summed E-state index contributed by atoms with van der Waals surface area (Å²) < 4.78 is 10.4. The van der Waals surface area contributed by atoms with Gasteiger partial charge in [-0.3, -0.25) is 0 Å². The summed E-state index contributed by atoms with van der Waals surface area (Å²) in [7, 11) is 3.19. The molecule has 4 heteroatoms. The molecule has 0 fully saturated rings. The van der Waals surface area contributed by atoms with E-state index in [1.165, 1.54) is 0 Å². The molecular weight excluding hydrogens is 232 g/mol. The van der Waals surface area contributed by atoms with E-state index in [4.69, 9.17) is 21.1 Å². The van der Waals surface area contributed by atoms with Crippen LogP contribution in [0, 0.1) is 0 Å². The number of rotatable bonds is 5. The predicted octanol–water partition coefficient (Wildman–Crippen LogP) is 3.22. The Hall–Kier alpha value is -0.540. The van der Waals surface area contributed by atoms with Crippen molar-refractivity contribution in [2.24, 2.45) is 0 Å². The zero-order chi connectivity index (χ0) is 11.3. The van der Waals surface area contributed by atoms with Crippen LogP contribution in [0.5, 0.6) is 11.5 Å². The maximum Gasteiger partial charge on any atom is 0.179 e. The first-order valence-corrected chi connectivity index (χ1v) is 5.75. The van der Waals surface area contributed by atoms with Crippen molar-refractivity contribution in [3.63, 3.8) is 0 Å². The van der Waals surface area contributed by atoms with Gasteiger partial charge in [0.25, 0.3) is 0 Å². The number of methoxy groups -OCH3 is 2. The average molecular weight is 247 g/mol. The van der Waals surface area contributed by atoms with Crippen LogP contribution < -0.4 is 9.47 Å². The van der Waals surface area contributed by atoms with Crippen molar-refractivity contribution in [1.82, 2.24) is 0 Å². The van der Waals surface area contributed by atoms with E-state index < -0.39 is 0 Å². The lowest BCUT2D eigenvalue weighted by molar-refractivity contribution is 0.354. The highest BCUT2D eigenvalue weighted by Gasteiger charge is 2.12. The molecule has 15 heavy (non-hydrogen) atoms. The van der Waals surface area contributed by atoms with Crippen LogP contribution in [0.1, 0.15) is 12.0 Å². The molecule has 0 atom stereocenters. The summed E-state index contributed by atoms with van der Waals surface area (Å²) in [4.78, 5) is 0. The average Bonchev–Trinajstić information content (AvgIpc) is 2.27. The van der Waals surface area contributed by atoms with Crippen LogP contribution in [0.25, 0.3) is 0 Å². The van der Waals surface area contributed by atoms with Gasteiger partial charge in [0.15, 0.2) is 11.5 Å². The molecule has 1 aromatic carbocycles. The molecule has 0 saturated heterocycles. The highest BCUT2D eigenvalue weighted by Crippen LogP contribution is 2.37. The Morgan fingerprint density at radius 3 is 2.53 bits per heavy atom. The van der Waals surface area contributed by atoms with Gasteiger partial charge in [-0.2, -0.15) is 12.6 Å². The zero-order valence-corrected chi connectivity index (χ0v) is 10.6. The number of hydrogen-bond donors (Lipinski definition) is 1. The van der Waals surface area contributed by atoms with Crippen LogP contribution in [0.3, 0.4) is 0 Å². The molecule has 0 aliphatic rings. The molecule has 0 spiro atoms. The van der Waals surface area contributed by atoms with Crippen LogP contribution in [-0.4, -0.2) is 20.0 Å². The third-order valence-corrected chi connectivity index (χ3v) is 2.90. The SMILES string of the molecule is COc1ccc(CCCS)c(Cl)c1OC. The smallest absolute Gasteiger partial charge is 0.179 e. The Morgan fingerprint density at radius 1 is 1.27 bits per heavy atom. The van der Waals surface area contributed by atoms with Crippen molar-refractivity contribution >= 4 is 24.2 Å². The molecule has 0 saturated carbocycles. The molecule has 0 N–H and O–H groups in total. The van der Waals surface area contributed by atoms with E-state index in [0.717, 1.165) is 24.2 Å². The number of ether oxygens (including phenoxy) is 2. The Kier molecular flexibility index (Phi) is 5.12. The van der Waals surface area contributed by atoms with Gasteiger partial charge in [-0.25, -0.2) is 0 Å². The Bertz CT molecular complexity index is 329. The molecule has 0 aromatic heterocycles. The van der Waals surface area contributed by atoms with Crippen molar-refractivity contribution in [3.05, 3.63) is 22.7 Å². The van der Waals surface area contributed by atoms with Gasteiger partial charge >= 0.3 is 0 Å². The van der Waals surface area contributed by atoms with Crippen LogP contribution in [-0.2, 0) is 6.42 Å². The maximum atomic E-state index is 6.20. The molecule has 0 unspecified atom stereocenters. The quantitative estimate of drug-likeness (QED) is 0.805. The highest BCUT2D eigenvalue weighted by molar-refractivity contribution is 7.80. The largest absolute Gasteiger partial charge is 0.493 e. The van der Waals surface area contributed by atoms with E-state index in [2.05, 4.69) is 12.6 Å². The van der Waals surface area contributed by atoms with E-state index in [0.29, 0.717) is 16.5 Å². The van der Waals surface area contributed by atoms with Crippen molar-refractivity contribution in [1.29, 1.82) is 0 Å². The van der Waals surface area contributed by atoms with Crippen molar-refractivity contribution in [2.75, 3.05) is 20.0 Å². The molecule has 0 heterocycles. The van der Waals surface area contributed by atoms with Crippen LogP contribution in [0.2, 0.25) is 5.02 Å². The summed E-state index contributed by atoms with van der Waals surface area (Å²) in [5, 5.41) is 0.638. The van der Waals surface area contributed by atoms with Crippen molar-refractivity contribution < 1.29 is 9.47 Å². The number of halogens is 1. The molecule has 84 valence electrons. The van der Waals surface area contributed by atoms with E-state index in [9.17, 15) is 0 Å². The van der Waals surface area contributed by atoms with Crippen LogP contribution in [0.15, 0.2) is 12.1 Å². The van der Waals surface area contributed by atoms with Gasteiger partial charge < -0.3 is 9.47 Å². The third-order valence-electron chi connectivity index (χ3n) is 2.17. The summed E-state index contributed by atoms with van der Waals surface area (Å²) >= 11 is 10.4. The number of hydrogen-bond acceptors (Lipinski definition) is 3. The van der Waals surface area contributed by atoms with Gasteiger partial charge in [0.1, 0.15) is 0 Å². The predicted molar refractivity (Wildman–Crippen MR) is 66.7 cm³/mol. The van der Waals surface area contributed by atoms with Crippen LogP contribution >= 0.6 is 24.2 Å². The van der Waals surface area contributed by atoms with Crippen LogP contribution in [0.4, 0.5) is 0 Å². The first kappa shape index (κ1) is 12.5. The minimum atomic E-state index is 0.607. The lowest BCUT2D eigenvalue weighted by Gasteiger charge is -2.12. The van der Waals surface area contributed by atoms with Gasteiger partial charge in [-0.15, -0.1) is 0 Å². The van der Waals surface area contributed by atoms with Gasteiger partial charge in [-0.1, -0.05) is 17.7 Å². The Labute approximate surface area is 101 Å². The summed E-state index contributed by atoms with van der Waals surface area (Å²) in [6.07, 6.45) is 1.90. The first-order chi connectivity index (χ1) is 7.24. The summed E-state index contributed by atoms with van der Waals surface area (Å²) in [6.45, 7) is 0. The normalized spacial score (nSPS) is 10.1. The third kappa shape index (κ3) is 2.95. The molecular formula is C11H15ClO2S. The molecule has 0 amide bonds. The lowest BCUT2D eigenvalue weighted by Crippen LogP contribution is -1.95. The molecule has 2 nitrogen and oxygen atoms in total. The fourth-order valence-electron chi connectivity index (χ4n) is 1.39. The monoisotopic (exact) mass is 246 g/mol. The second-order valence-corrected chi connectivity index (χ2v) is 3.93. The summed E-state index contributed by atoms with van der Waals surface area (Å²) in [5.74, 6) is 2.12. The number of thiol groups is 1. The lowest BCUT2D eigenvalue weighted by atomic mass is 10.1. The molecule has 1 aromatic rings. The highest BCUT2D eigenvalue weighted by atomic mass is 35.5. The van der Waals surface area contributed by atoms with E-state index in [1.54, 1.807) is 14.2 Å². The molecule has 0 aliphatic carbocycles. The van der Waals surface area contributed by atoms with Gasteiger partial charge in [0.2, 0.25) is 0 Å². The zero-order valence-electron chi connectivity index (χ0n) is 8.92. The first-order valence-electron chi connectivity index (χ1n) is 4.74. The Morgan fingerprint density at radius 2 is 2.00 bits per heavy atom. The van der Waals surface area contributed by atoms with Gasteiger partial charge in [0.05, 0.1) is 19.2 Å². The minimum Gasteiger partial charge on any atom is -0.493 e.